The van der Waals surface area contributed by atoms with E-state index in [1.807, 2.05) is 42.5 Å². The van der Waals surface area contributed by atoms with E-state index in [9.17, 15) is 9.59 Å². The van der Waals surface area contributed by atoms with Crippen LogP contribution in [0.4, 0.5) is 0 Å². The zero-order valence-electron chi connectivity index (χ0n) is 17.9. The lowest BCUT2D eigenvalue weighted by molar-refractivity contribution is -0.137. The van der Waals surface area contributed by atoms with Crippen LogP contribution < -0.4 is 10.1 Å². The number of aliphatic hydroxyl groups excluding tert-OH is 1. The first-order valence-corrected chi connectivity index (χ1v) is 11.0. The first-order chi connectivity index (χ1) is 15.7. The topological polar surface area (TPSA) is 75.6 Å². The number of fused-ring (bicyclic) bond motifs is 1. The van der Waals surface area contributed by atoms with Crippen molar-refractivity contribution in [3.63, 3.8) is 0 Å². The van der Waals surface area contributed by atoms with Gasteiger partial charge in [-0.15, -0.1) is 0 Å². The highest BCUT2D eigenvalue weighted by Crippen LogP contribution is 2.37. The molecule has 3 aromatic rings. The quantitative estimate of drug-likeness (QED) is 0.440. The molecule has 1 aliphatic carbocycles. The van der Waals surface area contributed by atoms with Crippen molar-refractivity contribution < 1.29 is 19.4 Å². The SMILES string of the molecule is O=C(CO)Oc1cccc2c1CCCC2C(=O)NCC(c1ccccc1)c1ccccc1. The van der Waals surface area contributed by atoms with Crippen LogP contribution in [0.5, 0.6) is 5.75 Å². The van der Waals surface area contributed by atoms with Crippen LogP contribution in [0, 0.1) is 0 Å². The lowest BCUT2D eigenvalue weighted by Gasteiger charge is -2.27. The Balaban J connectivity index is 1.53. The normalized spacial score (nSPS) is 15.1. The fourth-order valence-corrected chi connectivity index (χ4v) is 4.46. The molecule has 0 fully saturated rings. The van der Waals surface area contributed by atoms with Crippen molar-refractivity contribution in [1.29, 1.82) is 0 Å². The van der Waals surface area contributed by atoms with E-state index in [-0.39, 0.29) is 17.7 Å². The third-order valence-corrected chi connectivity index (χ3v) is 6.02. The van der Waals surface area contributed by atoms with E-state index in [1.165, 1.54) is 0 Å². The van der Waals surface area contributed by atoms with Crippen LogP contribution in [0.15, 0.2) is 78.9 Å². The second-order valence-electron chi connectivity index (χ2n) is 8.02. The Bertz CT molecular complexity index is 1030. The van der Waals surface area contributed by atoms with Crippen molar-refractivity contribution in [2.45, 2.75) is 31.1 Å². The van der Waals surface area contributed by atoms with E-state index in [0.29, 0.717) is 12.3 Å². The van der Waals surface area contributed by atoms with Crippen LogP contribution in [-0.2, 0) is 16.0 Å². The molecule has 5 heteroatoms. The predicted octanol–water partition coefficient (Wildman–Crippen LogP) is 3.95. The molecule has 1 aliphatic rings. The number of carbonyl (C=O) groups excluding carboxylic acids is 2. The molecule has 1 unspecified atom stereocenters. The molecule has 0 saturated carbocycles. The monoisotopic (exact) mass is 429 g/mol. The van der Waals surface area contributed by atoms with Crippen molar-refractivity contribution in [2.24, 2.45) is 0 Å². The minimum atomic E-state index is -0.696. The average molecular weight is 430 g/mol. The summed E-state index contributed by atoms with van der Waals surface area (Å²) in [6.07, 6.45) is 2.32. The van der Waals surface area contributed by atoms with Gasteiger partial charge in [-0.2, -0.15) is 0 Å². The van der Waals surface area contributed by atoms with E-state index in [2.05, 4.69) is 29.6 Å². The van der Waals surface area contributed by atoms with Gasteiger partial charge in [-0.25, -0.2) is 4.79 Å². The van der Waals surface area contributed by atoms with Crippen molar-refractivity contribution >= 4 is 11.9 Å². The van der Waals surface area contributed by atoms with E-state index in [0.717, 1.165) is 41.5 Å². The lowest BCUT2D eigenvalue weighted by atomic mass is 9.81. The molecule has 0 heterocycles. The van der Waals surface area contributed by atoms with E-state index < -0.39 is 12.6 Å². The fourth-order valence-electron chi connectivity index (χ4n) is 4.46. The number of hydrogen-bond donors (Lipinski definition) is 2. The number of hydrogen-bond acceptors (Lipinski definition) is 4. The highest BCUT2D eigenvalue weighted by atomic mass is 16.5. The molecule has 3 aromatic carbocycles. The Morgan fingerprint density at radius 2 is 1.59 bits per heavy atom. The average Bonchev–Trinajstić information content (AvgIpc) is 2.85. The van der Waals surface area contributed by atoms with Crippen molar-refractivity contribution in [3.05, 3.63) is 101 Å². The van der Waals surface area contributed by atoms with Crippen molar-refractivity contribution in [1.82, 2.24) is 5.32 Å². The molecule has 32 heavy (non-hydrogen) atoms. The molecule has 1 amide bonds. The van der Waals surface area contributed by atoms with Gasteiger partial charge in [0.05, 0.1) is 5.92 Å². The summed E-state index contributed by atoms with van der Waals surface area (Å²) in [5.41, 5.74) is 4.08. The lowest BCUT2D eigenvalue weighted by Crippen LogP contribution is -2.34. The number of rotatable bonds is 7. The Hall–Kier alpha value is -3.44. The Labute approximate surface area is 188 Å². The highest BCUT2D eigenvalue weighted by molar-refractivity contribution is 5.85. The van der Waals surface area contributed by atoms with Gasteiger partial charge in [-0.05, 0) is 47.6 Å². The van der Waals surface area contributed by atoms with Gasteiger partial charge in [0.1, 0.15) is 12.4 Å². The van der Waals surface area contributed by atoms with Gasteiger partial charge in [0.2, 0.25) is 5.91 Å². The number of esters is 1. The van der Waals surface area contributed by atoms with Gasteiger partial charge >= 0.3 is 5.97 Å². The summed E-state index contributed by atoms with van der Waals surface area (Å²) in [5, 5.41) is 12.2. The third kappa shape index (κ3) is 4.89. The van der Waals surface area contributed by atoms with Crippen LogP contribution in [0.25, 0.3) is 0 Å². The van der Waals surface area contributed by atoms with Gasteiger partial charge in [0, 0.05) is 12.5 Å². The first kappa shape index (κ1) is 21.8. The van der Waals surface area contributed by atoms with Gasteiger partial charge in [0.15, 0.2) is 0 Å². The molecule has 1 atom stereocenters. The van der Waals surface area contributed by atoms with E-state index in [4.69, 9.17) is 9.84 Å². The Morgan fingerprint density at radius 1 is 0.938 bits per heavy atom. The molecular formula is C27H27NO4. The third-order valence-electron chi connectivity index (χ3n) is 6.02. The maximum Gasteiger partial charge on any atom is 0.337 e. The maximum absolute atomic E-state index is 13.3. The van der Waals surface area contributed by atoms with E-state index in [1.54, 1.807) is 12.1 Å². The van der Waals surface area contributed by atoms with Crippen LogP contribution in [0.3, 0.4) is 0 Å². The molecule has 2 N–H and O–H groups in total. The summed E-state index contributed by atoms with van der Waals surface area (Å²) in [5.74, 6) is -0.516. The predicted molar refractivity (Wildman–Crippen MR) is 123 cm³/mol. The zero-order chi connectivity index (χ0) is 22.3. The number of ether oxygens (including phenoxy) is 1. The summed E-state index contributed by atoms with van der Waals surface area (Å²) in [4.78, 5) is 24.8. The molecule has 164 valence electrons. The van der Waals surface area contributed by atoms with Crippen LogP contribution >= 0.6 is 0 Å². The van der Waals surface area contributed by atoms with Crippen LogP contribution in [0.1, 0.15) is 46.9 Å². The number of carbonyl (C=O) groups is 2. The molecule has 0 aromatic heterocycles. The van der Waals surface area contributed by atoms with Crippen molar-refractivity contribution in [3.8, 4) is 5.75 Å². The number of benzene rings is 3. The summed E-state index contributed by atoms with van der Waals surface area (Å²) in [6, 6.07) is 25.8. The molecule has 0 spiro atoms. The van der Waals surface area contributed by atoms with E-state index >= 15 is 0 Å². The summed E-state index contributed by atoms with van der Waals surface area (Å²) in [6.45, 7) is -0.175. The number of aliphatic hydroxyl groups is 1. The largest absolute Gasteiger partial charge is 0.425 e. The van der Waals surface area contributed by atoms with Gasteiger partial charge in [-0.1, -0.05) is 72.8 Å². The van der Waals surface area contributed by atoms with Gasteiger partial charge in [0.25, 0.3) is 0 Å². The molecule has 0 aliphatic heterocycles. The number of amides is 1. The minimum Gasteiger partial charge on any atom is -0.425 e. The Kier molecular flexibility index (Phi) is 6.97. The zero-order valence-corrected chi connectivity index (χ0v) is 17.9. The smallest absolute Gasteiger partial charge is 0.337 e. The Morgan fingerprint density at radius 3 is 2.22 bits per heavy atom. The van der Waals surface area contributed by atoms with Gasteiger partial charge in [-0.3, -0.25) is 4.79 Å². The molecule has 0 radical (unpaired) electrons. The standard InChI is InChI=1S/C27H27NO4/c29-18-26(30)32-25-16-8-13-21-22(25)14-7-15-23(21)27(31)28-17-24(19-9-3-1-4-10-19)20-11-5-2-6-12-20/h1-6,8-13,16,23-24,29H,7,14-15,17-18H2,(H,28,31). The maximum atomic E-state index is 13.3. The molecule has 5 nitrogen and oxygen atoms in total. The summed E-state index contributed by atoms with van der Waals surface area (Å²) < 4.78 is 5.28. The second-order valence-corrected chi connectivity index (χ2v) is 8.02. The minimum absolute atomic E-state index is 0.0200. The highest BCUT2D eigenvalue weighted by Gasteiger charge is 2.29. The summed E-state index contributed by atoms with van der Waals surface area (Å²) in [7, 11) is 0. The first-order valence-electron chi connectivity index (χ1n) is 11.0. The molecular weight excluding hydrogens is 402 g/mol. The molecule has 0 saturated heterocycles. The molecule has 4 rings (SSSR count). The van der Waals surface area contributed by atoms with Crippen LogP contribution in [0.2, 0.25) is 0 Å². The number of nitrogens with one attached hydrogen (secondary N) is 1. The summed E-state index contributed by atoms with van der Waals surface area (Å²) >= 11 is 0. The molecule has 0 bridgehead atoms. The van der Waals surface area contributed by atoms with Gasteiger partial charge < -0.3 is 15.2 Å². The fraction of sp³-hybridized carbons (Fsp3) is 0.259. The second kappa shape index (κ2) is 10.2. The van der Waals surface area contributed by atoms with Crippen molar-refractivity contribution in [2.75, 3.05) is 13.2 Å². The van der Waals surface area contributed by atoms with Crippen LogP contribution in [-0.4, -0.2) is 30.1 Å².